The maximum atomic E-state index is 11.5. The molecule has 0 fully saturated rings. The Balaban J connectivity index is 2.50. The van der Waals surface area contributed by atoms with E-state index in [4.69, 9.17) is 4.74 Å². The van der Waals surface area contributed by atoms with Gasteiger partial charge in [-0.3, -0.25) is 9.78 Å². The van der Waals surface area contributed by atoms with Crippen LogP contribution in [0.5, 0.6) is 5.75 Å². The summed E-state index contributed by atoms with van der Waals surface area (Å²) in [6, 6.07) is 3.96. The van der Waals surface area contributed by atoms with Crippen molar-refractivity contribution in [3.8, 4) is 5.75 Å². The normalized spacial score (nSPS) is 10.6. The second kappa shape index (κ2) is 7.74. The Kier molecular flexibility index (Phi) is 6.29. The van der Waals surface area contributed by atoms with Crippen molar-refractivity contribution in [3.63, 3.8) is 0 Å². The Hall–Kier alpha value is -1.62. The maximum Gasteiger partial charge on any atom is 0.223 e. The average Bonchev–Trinajstić information content (AvgIpc) is 2.31. The molecule has 0 atom stereocenters. The number of hydrogen-bond acceptors (Lipinski definition) is 4. The number of amides is 1. The lowest BCUT2D eigenvalue weighted by Crippen LogP contribution is -2.31. The van der Waals surface area contributed by atoms with Crippen molar-refractivity contribution in [2.45, 2.75) is 39.8 Å². The van der Waals surface area contributed by atoms with E-state index in [0.717, 1.165) is 17.1 Å². The van der Waals surface area contributed by atoms with Crippen LogP contribution in [-0.2, 0) is 11.3 Å². The topological polar surface area (TPSA) is 63.3 Å². The first-order chi connectivity index (χ1) is 9.02. The molecule has 0 aliphatic rings. The lowest BCUT2D eigenvalue weighted by molar-refractivity contribution is -0.122. The van der Waals surface area contributed by atoms with Crippen LogP contribution < -0.4 is 15.4 Å². The van der Waals surface area contributed by atoms with Gasteiger partial charge in [-0.2, -0.15) is 0 Å². The van der Waals surface area contributed by atoms with Gasteiger partial charge in [0.25, 0.3) is 0 Å². The molecule has 0 aliphatic carbocycles. The number of aromatic nitrogens is 1. The van der Waals surface area contributed by atoms with Gasteiger partial charge in [0.15, 0.2) is 0 Å². The molecule has 0 bridgehead atoms. The molecule has 1 aromatic rings. The second-order valence-electron chi connectivity index (χ2n) is 4.75. The second-order valence-corrected chi connectivity index (χ2v) is 4.75. The van der Waals surface area contributed by atoms with E-state index >= 15 is 0 Å². The number of rotatable bonds is 7. The van der Waals surface area contributed by atoms with Gasteiger partial charge in [-0.15, -0.1) is 0 Å². The number of carbonyl (C=O) groups is 1. The molecule has 5 nitrogen and oxygen atoms in total. The zero-order chi connectivity index (χ0) is 14.3. The van der Waals surface area contributed by atoms with Crippen LogP contribution in [-0.4, -0.2) is 30.6 Å². The molecule has 106 valence electrons. The van der Waals surface area contributed by atoms with Crippen molar-refractivity contribution in [3.05, 3.63) is 23.5 Å². The van der Waals surface area contributed by atoms with Gasteiger partial charge in [-0.1, -0.05) is 0 Å². The van der Waals surface area contributed by atoms with E-state index in [1.807, 2.05) is 40.0 Å². The van der Waals surface area contributed by atoms with Gasteiger partial charge in [0.2, 0.25) is 5.91 Å². The number of hydrogen-bond donors (Lipinski definition) is 2. The number of nitrogens with one attached hydrogen (secondary N) is 2. The van der Waals surface area contributed by atoms with Gasteiger partial charge >= 0.3 is 0 Å². The number of nitrogens with zero attached hydrogens (tertiary/aromatic N) is 1. The lowest BCUT2D eigenvalue weighted by Gasteiger charge is -2.12. The minimum Gasteiger partial charge on any atom is -0.491 e. The molecule has 0 aromatic carbocycles. The monoisotopic (exact) mass is 265 g/mol. The molecule has 1 heterocycles. The predicted molar refractivity (Wildman–Crippen MR) is 75.1 cm³/mol. The predicted octanol–water partition coefficient (Wildman–Crippen LogP) is 1.40. The standard InChI is InChI=1S/C14H23N3O2/c1-10(2)16-14(18)7-8-19-13-6-5-11(3)17-12(13)9-15-4/h5-6,10,15H,7-9H2,1-4H3,(H,16,18). The number of aryl methyl sites for hydroxylation is 1. The fourth-order valence-corrected chi connectivity index (χ4v) is 1.67. The van der Waals surface area contributed by atoms with Crippen molar-refractivity contribution in [2.75, 3.05) is 13.7 Å². The highest BCUT2D eigenvalue weighted by molar-refractivity contribution is 5.76. The summed E-state index contributed by atoms with van der Waals surface area (Å²) in [6.45, 7) is 6.83. The largest absolute Gasteiger partial charge is 0.491 e. The lowest BCUT2D eigenvalue weighted by atomic mass is 10.3. The van der Waals surface area contributed by atoms with Crippen molar-refractivity contribution in [2.24, 2.45) is 0 Å². The molecule has 0 unspecified atom stereocenters. The zero-order valence-electron chi connectivity index (χ0n) is 12.1. The number of ether oxygens (including phenoxy) is 1. The van der Waals surface area contributed by atoms with Crippen LogP contribution in [0.3, 0.4) is 0 Å². The first kappa shape index (κ1) is 15.4. The van der Waals surface area contributed by atoms with E-state index in [9.17, 15) is 4.79 Å². The Bertz CT molecular complexity index is 419. The third-order valence-corrected chi connectivity index (χ3v) is 2.45. The van der Waals surface area contributed by atoms with E-state index in [1.165, 1.54) is 0 Å². The fourth-order valence-electron chi connectivity index (χ4n) is 1.67. The summed E-state index contributed by atoms with van der Waals surface area (Å²) < 4.78 is 5.63. The Morgan fingerprint density at radius 2 is 2.16 bits per heavy atom. The SMILES string of the molecule is CNCc1nc(C)ccc1OCCC(=O)NC(C)C. The summed E-state index contributed by atoms with van der Waals surface area (Å²) in [6.07, 6.45) is 0.352. The van der Waals surface area contributed by atoms with Gasteiger partial charge in [0, 0.05) is 18.3 Å². The Morgan fingerprint density at radius 1 is 1.42 bits per heavy atom. The highest BCUT2D eigenvalue weighted by Gasteiger charge is 2.07. The number of pyridine rings is 1. The van der Waals surface area contributed by atoms with Crippen LogP contribution in [0.2, 0.25) is 0 Å². The van der Waals surface area contributed by atoms with Gasteiger partial charge in [-0.25, -0.2) is 0 Å². The summed E-state index contributed by atoms with van der Waals surface area (Å²) in [5.74, 6) is 0.738. The first-order valence-corrected chi connectivity index (χ1v) is 6.56. The molecule has 0 saturated heterocycles. The molecular weight excluding hydrogens is 242 g/mol. The van der Waals surface area contributed by atoms with Gasteiger partial charge in [0.05, 0.1) is 18.7 Å². The molecule has 19 heavy (non-hydrogen) atoms. The van der Waals surface area contributed by atoms with Gasteiger partial charge in [0.1, 0.15) is 5.75 Å². The van der Waals surface area contributed by atoms with Crippen LogP contribution in [0.25, 0.3) is 0 Å². The zero-order valence-corrected chi connectivity index (χ0v) is 12.1. The third kappa shape index (κ3) is 5.70. The molecule has 0 radical (unpaired) electrons. The first-order valence-electron chi connectivity index (χ1n) is 6.56. The molecule has 0 aliphatic heterocycles. The van der Waals surface area contributed by atoms with E-state index < -0.39 is 0 Å². The molecule has 0 saturated carbocycles. The highest BCUT2D eigenvalue weighted by atomic mass is 16.5. The molecule has 1 amide bonds. The molecule has 1 aromatic heterocycles. The summed E-state index contributed by atoms with van der Waals surface area (Å²) in [7, 11) is 1.86. The van der Waals surface area contributed by atoms with E-state index in [0.29, 0.717) is 19.6 Å². The van der Waals surface area contributed by atoms with E-state index in [-0.39, 0.29) is 11.9 Å². The summed E-state index contributed by atoms with van der Waals surface area (Å²) in [4.78, 5) is 15.9. The fraction of sp³-hybridized carbons (Fsp3) is 0.571. The average molecular weight is 265 g/mol. The molecule has 2 N–H and O–H groups in total. The molecule has 1 rings (SSSR count). The van der Waals surface area contributed by atoms with Crippen molar-refractivity contribution in [1.29, 1.82) is 0 Å². The van der Waals surface area contributed by atoms with E-state index in [1.54, 1.807) is 0 Å². The Labute approximate surface area is 114 Å². The van der Waals surface area contributed by atoms with Gasteiger partial charge in [-0.05, 0) is 40.0 Å². The maximum absolute atomic E-state index is 11.5. The van der Waals surface area contributed by atoms with Gasteiger partial charge < -0.3 is 15.4 Å². The summed E-state index contributed by atoms with van der Waals surface area (Å²) >= 11 is 0. The van der Waals surface area contributed by atoms with Crippen molar-refractivity contribution in [1.82, 2.24) is 15.6 Å². The summed E-state index contributed by atoms with van der Waals surface area (Å²) in [5.41, 5.74) is 1.82. The van der Waals surface area contributed by atoms with Crippen molar-refractivity contribution < 1.29 is 9.53 Å². The number of carbonyl (C=O) groups excluding carboxylic acids is 1. The van der Waals surface area contributed by atoms with E-state index in [2.05, 4.69) is 15.6 Å². The molecular formula is C14H23N3O2. The Morgan fingerprint density at radius 3 is 2.79 bits per heavy atom. The minimum atomic E-state index is 0.00485. The van der Waals surface area contributed by atoms with Crippen LogP contribution in [0.1, 0.15) is 31.7 Å². The smallest absolute Gasteiger partial charge is 0.223 e. The van der Waals surface area contributed by atoms with Crippen LogP contribution in [0.15, 0.2) is 12.1 Å². The van der Waals surface area contributed by atoms with Crippen molar-refractivity contribution >= 4 is 5.91 Å². The minimum absolute atomic E-state index is 0.00485. The molecule has 0 spiro atoms. The van der Waals surface area contributed by atoms with Crippen LogP contribution in [0, 0.1) is 6.92 Å². The molecule has 5 heteroatoms. The highest BCUT2D eigenvalue weighted by Crippen LogP contribution is 2.16. The quantitative estimate of drug-likeness (QED) is 0.782. The van der Waals surface area contributed by atoms with Crippen LogP contribution >= 0.6 is 0 Å². The van der Waals surface area contributed by atoms with Crippen LogP contribution in [0.4, 0.5) is 0 Å². The summed E-state index contributed by atoms with van der Waals surface area (Å²) in [5, 5.41) is 5.89. The third-order valence-electron chi connectivity index (χ3n) is 2.45.